The standard InChI is InChI=1S/C38H57O10P/c1-11-44-49(43,45-12-2)46-20-22(3)23(4)33(42)34(48-27(8)40)25(6)32-30(47-26(7)39)19-36(10)31-14-13-28-24(5)29(41)15-16-37(28)21-38(31,37)18-17-35(32,36)9/h15-16,22,24-25,28,30-32,34H,4,11-14,17-21H2,1-3,5-10H3/t22-,24-,25-,28-,30-,31-,32-,34+,35+,36-,37+,38-/m0/s1. The quantitative estimate of drug-likeness (QED) is 0.102. The van der Waals surface area contributed by atoms with Crippen molar-refractivity contribution in [1.82, 2.24) is 0 Å². The minimum Gasteiger partial charge on any atom is -0.462 e. The molecule has 5 aliphatic carbocycles. The third-order valence-electron chi connectivity index (χ3n) is 13.9. The van der Waals surface area contributed by atoms with Gasteiger partial charge in [-0.15, -0.1) is 0 Å². The van der Waals surface area contributed by atoms with Gasteiger partial charge in [0.2, 0.25) is 0 Å². The maximum absolute atomic E-state index is 14.3. The normalized spacial score (nSPS) is 39.4. The number of fused-ring (bicyclic) bond motifs is 2. The van der Waals surface area contributed by atoms with Crippen molar-refractivity contribution in [1.29, 1.82) is 0 Å². The summed E-state index contributed by atoms with van der Waals surface area (Å²) >= 11 is 0. The fraction of sp³-hybridized carbons (Fsp3) is 0.789. The Balaban J connectivity index is 1.44. The molecule has 2 spiro atoms. The number of carbonyl (C=O) groups excluding carboxylic acids is 4. The van der Waals surface area contributed by atoms with Crippen LogP contribution in [0.5, 0.6) is 0 Å². The molecule has 49 heavy (non-hydrogen) atoms. The minimum absolute atomic E-state index is 0.0262. The van der Waals surface area contributed by atoms with Crippen LogP contribution in [0.4, 0.5) is 0 Å². The van der Waals surface area contributed by atoms with E-state index in [-0.39, 0.29) is 70.6 Å². The summed E-state index contributed by atoms with van der Waals surface area (Å²) in [5, 5.41) is 0. The van der Waals surface area contributed by atoms with Gasteiger partial charge in [-0.25, -0.2) is 4.57 Å². The molecule has 5 rings (SSSR count). The lowest BCUT2D eigenvalue weighted by atomic mass is 9.43. The van der Waals surface area contributed by atoms with Crippen molar-refractivity contribution in [2.45, 2.75) is 113 Å². The van der Waals surface area contributed by atoms with Gasteiger partial charge in [0, 0.05) is 37.5 Å². The zero-order valence-corrected chi connectivity index (χ0v) is 31.8. The lowest BCUT2D eigenvalue weighted by Crippen LogP contribution is -2.56. The molecule has 0 N–H and O–H groups in total. The Morgan fingerprint density at radius 2 is 1.65 bits per heavy atom. The summed E-state index contributed by atoms with van der Waals surface area (Å²) in [7, 11) is -3.82. The van der Waals surface area contributed by atoms with Gasteiger partial charge >= 0.3 is 19.8 Å². The van der Waals surface area contributed by atoms with E-state index in [4.69, 9.17) is 23.0 Å². The fourth-order valence-electron chi connectivity index (χ4n) is 11.6. The first-order chi connectivity index (χ1) is 22.9. The van der Waals surface area contributed by atoms with Crippen LogP contribution in [0.25, 0.3) is 0 Å². The Hall–Kier alpha value is -2.13. The van der Waals surface area contributed by atoms with E-state index >= 15 is 0 Å². The van der Waals surface area contributed by atoms with Crippen LogP contribution in [0.1, 0.15) is 101 Å². The Kier molecular flexibility index (Phi) is 10.5. The lowest BCUT2D eigenvalue weighted by molar-refractivity contribution is -0.166. The number of ketones is 2. The average Bonchev–Trinajstić information content (AvgIpc) is 3.63. The van der Waals surface area contributed by atoms with E-state index in [1.807, 2.05) is 13.0 Å². The summed E-state index contributed by atoms with van der Waals surface area (Å²) in [6.07, 6.45) is 8.01. The van der Waals surface area contributed by atoms with Gasteiger partial charge < -0.3 is 9.47 Å². The minimum atomic E-state index is -3.82. The molecule has 4 fully saturated rings. The highest BCUT2D eigenvalue weighted by Gasteiger charge is 2.81. The molecule has 5 aliphatic rings. The van der Waals surface area contributed by atoms with E-state index in [9.17, 15) is 23.7 Å². The van der Waals surface area contributed by atoms with Gasteiger partial charge in [0.05, 0.1) is 19.8 Å². The topological polar surface area (TPSA) is 132 Å². The van der Waals surface area contributed by atoms with Gasteiger partial charge in [-0.1, -0.05) is 47.3 Å². The Morgan fingerprint density at radius 3 is 2.24 bits per heavy atom. The Labute approximate surface area is 292 Å². The first-order valence-electron chi connectivity index (χ1n) is 18.2. The van der Waals surface area contributed by atoms with Gasteiger partial charge in [0.15, 0.2) is 17.7 Å². The molecule has 0 aromatic carbocycles. The van der Waals surface area contributed by atoms with Gasteiger partial charge in [-0.3, -0.25) is 32.7 Å². The molecule has 0 bridgehead atoms. The molecule has 0 radical (unpaired) electrons. The van der Waals surface area contributed by atoms with E-state index < -0.39 is 43.6 Å². The third-order valence-corrected chi connectivity index (χ3v) is 15.5. The van der Waals surface area contributed by atoms with Crippen LogP contribution >= 0.6 is 7.82 Å². The number of allylic oxidation sites excluding steroid dienone is 2. The third kappa shape index (κ3) is 6.04. The summed E-state index contributed by atoms with van der Waals surface area (Å²) in [6, 6.07) is 0. The van der Waals surface area contributed by atoms with Crippen molar-refractivity contribution >= 4 is 31.3 Å². The second-order valence-electron chi connectivity index (χ2n) is 16.1. The Morgan fingerprint density at radius 1 is 1.00 bits per heavy atom. The number of Topliss-reactive ketones (excluding diaryl/α,β-unsaturated/α-hetero) is 1. The highest BCUT2D eigenvalue weighted by molar-refractivity contribution is 7.48. The van der Waals surface area contributed by atoms with Crippen molar-refractivity contribution in [3.8, 4) is 0 Å². The molecule has 0 aliphatic heterocycles. The molecule has 11 heteroatoms. The van der Waals surface area contributed by atoms with Gasteiger partial charge in [0.1, 0.15) is 6.10 Å². The van der Waals surface area contributed by atoms with Gasteiger partial charge in [0.25, 0.3) is 0 Å². The summed E-state index contributed by atoms with van der Waals surface area (Å²) in [5.74, 6) is -1.83. The first kappa shape index (κ1) is 38.1. The van der Waals surface area contributed by atoms with E-state index in [0.29, 0.717) is 18.3 Å². The van der Waals surface area contributed by atoms with Crippen LogP contribution in [0, 0.1) is 57.2 Å². The second kappa shape index (κ2) is 13.4. The molecular formula is C38H57O10P. The van der Waals surface area contributed by atoms with Crippen molar-refractivity contribution in [2.75, 3.05) is 19.8 Å². The predicted octanol–water partition coefficient (Wildman–Crippen LogP) is 7.45. The van der Waals surface area contributed by atoms with Crippen LogP contribution in [-0.4, -0.2) is 55.5 Å². The first-order valence-corrected chi connectivity index (χ1v) is 19.7. The van der Waals surface area contributed by atoms with E-state index in [1.54, 1.807) is 20.8 Å². The average molecular weight is 705 g/mol. The maximum atomic E-state index is 14.3. The largest absolute Gasteiger partial charge is 0.474 e. The summed E-state index contributed by atoms with van der Waals surface area (Å²) in [4.78, 5) is 52.2. The number of hydrogen-bond donors (Lipinski definition) is 0. The lowest BCUT2D eigenvalue weighted by Gasteiger charge is -2.61. The second-order valence-corrected chi connectivity index (χ2v) is 17.8. The molecule has 0 aromatic rings. The fourth-order valence-corrected chi connectivity index (χ4v) is 12.8. The SMILES string of the molecule is C=C(C(=O)[C@H](OC(C)=O)[C@@H](C)[C@H]1[C@@H](OC(C)=O)C[C@@]2(C)[C@@H]3CC[C@H]4[C@H](C)C(=O)C=C[C@@]45C[C@@]35CC[C@]12C)[C@@H](C)COP(=O)(OCC)OCC. The number of ether oxygens (including phenoxy) is 2. The molecule has 274 valence electrons. The van der Waals surface area contributed by atoms with Crippen molar-refractivity contribution in [2.24, 2.45) is 57.2 Å². The highest BCUT2D eigenvalue weighted by atomic mass is 31.2. The molecular weight excluding hydrogens is 647 g/mol. The molecule has 0 unspecified atom stereocenters. The van der Waals surface area contributed by atoms with E-state index in [0.717, 1.165) is 32.1 Å². The number of rotatable bonds is 14. The van der Waals surface area contributed by atoms with Crippen molar-refractivity contribution < 1.29 is 46.8 Å². The molecule has 12 atom stereocenters. The summed E-state index contributed by atoms with van der Waals surface area (Å²) in [6.45, 7) is 20.6. The molecule has 0 amide bonds. The van der Waals surface area contributed by atoms with Crippen molar-refractivity contribution in [3.05, 3.63) is 24.3 Å². The number of phosphoric ester groups is 1. The van der Waals surface area contributed by atoms with Crippen LogP contribution in [0.15, 0.2) is 24.3 Å². The maximum Gasteiger partial charge on any atom is 0.474 e. The number of phosphoric acid groups is 1. The van der Waals surface area contributed by atoms with E-state index in [1.165, 1.54) is 13.8 Å². The van der Waals surface area contributed by atoms with E-state index in [2.05, 4.69) is 33.4 Å². The Bertz CT molecular complexity index is 1450. The zero-order valence-electron chi connectivity index (χ0n) is 30.9. The molecule has 4 saturated carbocycles. The van der Waals surface area contributed by atoms with Crippen LogP contribution < -0.4 is 0 Å². The van der Waals surface area contributed by atoms with Crippen molar-refractivity contribution in [3.63, 3.8) is 0 Å². The molecule has 0 saturated heterocycles. The van der Waals surface area contributed by atoms with Gasteiger partial charge in [-0.2, -0.15) is 0 Å². The predicted molar refractivity (Wildman–Crippen MR) is 183 cm³/mol. The number of carbonyl (C=O) groups is 4. The zero-order chi connectivity index (χ0) is 36.3. The van der Waals surface area contributed by atoms with Crippen LogP contribution in [0.3, 0.4) is 0 Å². The number of hydrogen-bond acceptors (Lipinski definition) is 10. The number of esters is 2. The smallest absolute Gasteiger partial charge is 0.462 e. The van der Waals surface area contributed by atoms with Crippen LogP contribution in [-0.2, 0) is 46.8 Å². The molecule has 0 heterocycles. The van der Waals surface area contributed by atoms with Gasteiger partial charge in [-0.05, 0) is 97.5 Å². The summed E-state index contributed by atoms with van der Waals surface area (Å²) < 4.78 is 40.9. The monoisotopic (exact) mass is 704 g/mol. The summed E-state index contributed by atoms with van der Waals surface area (Å²) in [5.41, 5.74) is -0.254. The molecule has 10 nitrogen and oxygen atoms in total. The van der Waals surface area contributed by atoms with Crippen LogP contribution in [0.2, 0.25) is 0 Å². The highest BCUT2D eigenvalue weighted by Crippen LogP contribution is 2.87. The molecule has 0 aromatic heterocycles.